The number of aliphatic imine (C=N–C) groups is 1. The average Bonchev–Trinajstić information content (AvgIpc) is 3.52. The zero-order valence-electron chi connectivity index (χ0n) is 20.1. The molecule has 190 valence electrons. The van der Waals surface area contributed by atoms with E-state index in [-0.39, 0.29) is 11.4 Å². The van der Waals surface area contributed by atoms with Gasteiger partial charge in [0.15, 0.2) is 5.88 Å². The Hall–Kier alpha value is -3.53. The number of amides is 1. The van der Waals surface area contributed by atoms with Crippen molar-refractivity contribution in [1.29, 1.82) is 0 Å². The van der Waals surface area contributed by atoms with E-state index in [1.165, 1.54) is 18.6 Å². The third kappa shape index (κ3) is 4.65. The second-order valence-corrected chi connectivity index (χ2v) is 9.47. The lowest BCUT2D eigenvalue weighted by Gasteiger charge is -2.33. The topological polar surface area (TPSA) is 84.0 Å². The number of anilines is 1. The summed E-state index contributed by atoms with van der Waals surface area (Å²) in [4.78, 5) is 24.7. The standard InChI is InChI=1S/C26H28F3N5O2/c1-3-21(31-16-5-7-17(8-6-16)34-13-18-11-19(34)12-33(18)2)23-20-10-15(4-9-22(20)32-25(23)36)24(35)30-14-26(27,28)29/h4-10,18-19,32,36H,3,11-14H2,1-2H3,(H,30,35). The maximum Gasteiger partial charge on any atom is 0.405 e. The third-order valence-electron chi connectivity index (χ3n) is 7.07. The van der Waals surface area contributed by atoms with Crippen molar-refractivity contribution in [3.8, 4) is 5.88 Å². The Balaban J connectivity index is 1.41. The van der Waals surface area contributed by atoms with Crippen LogP contribution in [0.15, 0.2) is 47.5 Å². The molecule has 2 bridgehead atoms. The first-order valence-electron chi connectivity index (χ1n) is 12.0. The fourth-order valence-corrected chi connectivity index (χ4v) is 5.26. The highest BCUT2D eigenvalue weighted by Crippen LogP contribution is 2.35. The maximum atomic E-state index is 12.5. The minimum atomic E-state index is -4.50. The number of aromatic hydroxyl groups is 1. The fourth-order valence-electron chi connectivity index (χ4n) is 5.26. The van der Waals surface area contributed by atoms with Crippen molar-refractivity contribution < 1.29 is 23.1 Å². The van der Waals surface area contributed by atoms with Crippen LogP contribution < -0.4 is 10.2 Å². The van der Waals surface area contributed by atoms with E-state index >= 15 is 0 Å². The summed E-state index contributed by atoms with van der Waals surface area (Å²) in [6, 6.07) is 13.6. The van der Waals surface area contributed by atoms with E-state index in [4.69, 9.17) is 4.99 Å². The highest BCUT2D eigenvalue weighted by molar-refractivity contribution is 6.14. The lowest BCUT2D eigenvalue weighted by molar-refractivity contribution is -0.123. The molecule has 0 aliphatic carbocycles. The molecule has 2 aliphatic heterocycles. The fraction of sp³-hybridized carbons (Fsp3) is 0.385. The Morgan fingerprint density at radius 1 is 1.17 bits per heavy atom. The Bertz CT molecular complexity index is 1310. The first-order chi connectivity index (χ1) is 17.1. The molecule has 2 aliphatic rings. The van der Waals surface area contributed by atoms with Gasteiger partial charge in [-0.25, -0.2) is 0 Å². The van der Waals surface area contributed by atoms with Crippen LogP contribution in [0.3, 0.4) is 0 Å². The van der Waals surface area contributed by atoms with Gasteiger partial charge in [-0.15, -0.1) is 0 Å². The molecule has 2 saturated heterocycles. The molecule has 2 aromatic carbocycles. The van der Waals surface area contributed by atoms with Crippen molar-refractivity contribution in [3.05, 3.63) is 53.6 Å². The van der Waals surface area contributed by atoms with E-state index in [0.717, 1.165) is 24.5 Å². The molecular formula is C26H28F3N5O2. The Morgan fingerprint density at radius 3 is 2.53 bits per heavy atom. The first kappa shape index (κ1) is 24.2. The van der Waals surface area contributed by atoms with Crippen LogP contribution in [0.2, 0.25) is 0 Å². The van der Waals surface area contributed by atoms with Crippen LogP contribution in [0.25, 0.3) is 10.9 Å². The normalized spacial score (nSPS) is 20.5. The van der Waals surface area contributed by atoms with Gasteiger partial charge in [-0.2, -0.15) is 13.2 Å². The molecular weight excluding hydrogens is 471 g/mol. The Kier molecular flexibility index (Phi) is 6.15. The number of nitrogens with zero attached hydrogens (tertiary/aromatic N) is 3. The average molecular weight is 500 g/mol. The third-order valence-corrected chi connectivity index (χ3v) is 7.07. The van der Waals surface area contributed by atoms with Crippen LogP contribution in [-0.2, 0) is 0 Å². The molecule has 10 heteroatoms. The number of H-pyrrole nitrogens is 1. The van der Waals surface area contributed by atoms with E-state index in [2.05, 4.69) is 34.0 Å². The summed E-state index contributed by atoms with van der Waals surface area (Å²) in [5.41, 5.74) is 3.54. The van der Waals surface area contributed by atoms with Gasteiger partial charge in [0.1, 0.15) is 6.54 Å². The van der Waals surface area contributed by atoms with Crippen molar-refractivity contribution >= 4 is 33.9 Å². The zero-order valence-corrected chi connectivity index (χ0v) is 20.1. The van der Waals surface area contributed by atoms with Crippen LogP contribution in [0.4, 0.5) is 24.5 Å². The van der Waals surface area contributed by atoms with E-state index in [0.29, 0.717) is 40.7 Å². The molecule has 2 fully saturated rings. The smallest absolute Gasteiger partial charge is 0.405 e. The van der Waals surface area contributed by atoms with Gasteiger partial charge >= 0.3 is 6.18 Å². The molecule has 3 aromatic rings. The van der Waals surface area contributed by atoms with Gasteiger partial charge < -0.3 is 20.3 Å². The molecule has 2 unspecified atom stereocenters. The number of nitrogens with one attached hydrogen (secondary N) is 2. The summed E-state index contributed by atoms with van der Waals surface area (Å²) in [5.74, 6) is -0.944. The van der Waals surface area contributed by atoms with Gasteiger partial charge in [0.25, 0.3) is 5.91 Å². The molecule has 0 saturated carbocycles. The van der Waals surface area contributed by atoms with Crippen molar-refractivity contribution in [3.63, 3.8) is 0 Å². The largest absolute Gasteiger partial charge is 0.494 e. The van der Waals surface area contributed by atoms with Crippen LogP contribution in [0.5, 0.6) is 5.88 Å². The van der Waals surface area contributed by atoms with Crippen molar-refractivity contribution in [2.45, 2.75) is 38.0 Å². The summed E-state index contributed by atoms with van der Waals surface area (Å²) in [7, 11) is 2.17. The lowest BCUT2D eigenvalue weighted by Crippen LogP contribution is -2.44. The van der Waals surface area contributed by atoms with Gasteiger partial charge in [-0.05, 0) is 62.4 Å². The number of hydrogen-bond donors (Lipinski definition) is 3. The number of fused-ring (bicyclic) bond motifs is 3. The van der Waals surface area contributed by atoms with Crippen molar-refractivity contribution in [2.24, 2.45) is 4.99 Å². The van der Waals surface area contributed by atoms with Crippen molar-refractivity contribution in [2.75, 3.05) is 31.6 Å². The summed E-state index contributed by atoms with van der Waals surface area (Å²) in [6.45, 7) is 2.58. The lowest BCUT2D eigenvalue weighted by atomic mass is 10.0. The highest BCUT2D eigenvalue weighted by Gasteiger charge is 2.41. The number of aromatic amines is 1. The summed E-state index contributed by atoms with van der Waals surface area (Å²) >= 11 is 0. The summed E-state index contributed by atoms with van der Waals surface area (Å²) in [6.07, 6.45) is -2.82. The number of carbonyl (C=O) groups is 1. The molecule has 1 aromatic heterocycles. The number of aromatic nitrogens is 1. The van der Waals surface area contributed by atoms with Crippen LogP contribution in [0.1, 0.15) is 35.7 Å². The Labute approximate surface area is 206 Å². The SMILES string of the molecule is CCC(=Nc1ccc(N2CC3CC2CN3C)cc1)c1c(O)[nH]c2ccc(C(=O)NCC(F)(F)F)cc12. The molecule has 5 rings (SSSR count). The first-order valence-corrected chi connectivity index (χ1v) is 12.0. The van der Waals surface area contributed by atoms with Gasteiger partial charge in [0.2, 0.25) is 0 Å². The molecule has 0 spiro atoms. The predicted molar refractivity (Wildman–Crippen MR) is 133 cm³/mol. The maximum absolute atomic E-state index is 12.5. The second-order valence-electron chi connectivity index (χ2n) is 9.47. The van der Waals surface area contributed by atoms with E-state index in [1.807, 2.05) is 24.4 Å². The molecule has 1 amide bonds. The Morgan fingerprint density at radius 2 is 1.92 bits per heavy atom. The second kappa shape index (κ2) is 9.16. The van der Waals surface area contributed by atoms with Gasteiger partial charge in [-0.1, -0.05) is 6.92 Å². The highest BCUT2D eigenvalue weighted by atomic mass is 19.4. The minimum Gasteiger partial charge on any atom is -0.494 e. The molecule has 3 N–H and O–H groups in total. The van der Waals surface area contributed by atoms with Crippen LogP contribution >= 0.6 is 0 Å². The summed E-state index contributed by atoms with van der Waals surface area (Å²) in [5, 5.41) is 13.0. The van der Waals surface area contributed by atoms with Crippen LogP contribution in [-0.4, -0.2) is 71.6 Å². The van der Waals surface area contributed by atoms with Gasteiger partial charge in [0, 0.05) is 47.3 Å². The number of hydrogen-bond acceptors (Lipinski definition) is 5. The zero-order chi connectivity index (χ0) is 25.6. The number of alkyl halides is 3. The number of likely N-dealkylation sites (N-methyl/N-ethyl adjacent to an activating group) is 1. The van der Waals surface area contributed by atoms with Gasteiger partial charge in [0.05, 0.1) is 17.0 Å². The van der Waals surface area contributed by atoms with Gasteiger partial charge in [-0.3, -0.25) is 14.7 Å². The van der Waals surface area contributed by atoms with E-state index in [9.17, 15) is 23.1 Å². The van der Waals surface area contributed by atoms with Crippen LogP contribution in [0, 0.1) is 0 Å². The number of carbonyl (C=O) groups excluding carboxylic acids is 1. The number of piperazine rings is 1. The number of likely N-dealkylation sites (tertiary alicyclic amines) is 1. The number of rotatable bonds is 6. The number of benzene rings is 2. The minimum absolute atomic E-state index is 0.0670. The summed E-state index contributed by atoms with van der Waals surface area (Å²) < 4.78 is 37.5. The molecule has 0 radical (unpaired) electrons. The molecule has 7 nitrogen and oxygen atoms in total. The molecule has 2 atom stereocenters. The number of halogens is 3. The quantitative estimate of drug-likeness (QED) is 0.434. The molecule has 36 heavy (non-hydrogen) atoms. The van der Waals surface area contributed by atoms with Crippen molar-refractivity contribution in [1.82, 2.24) is 15.2 Å². The molecule has 3 heterocycles. The monoisotopic (exact) mass is 499 g/mol. The predicted octanol–water partition coefficient (Wildman–Crippen LogP) is 4.59. The van der Waals surface area contributed by atoms with E-state index < -0.39 is 18.6 Å². The van der Waals surface area contributed by atoms with E-state index in [1.54, 1.807) is 6.07 Å².